The molecular weight excluding hydrogens is 292 g/mol. The molecule has 4 atom stereocenters. The van der Waals surface area contributed by atoms with Crippen LogP contribution in [0, 0.1) is 0 Å². The lowest BCUT2D eigenvalue weighted by atomic mass is 10.0. The molecule has 2 fully saturated rings. The van der Waals surface area contributed by atoms with Gasteiger partial charge in [0, 0.05) is 12.0 Å². The van der Waals surface area contributed by atoms with Crippen molar-refractivity contribution in [1.82, 2.24) is 0 Å². The largest absolute Gasteiger partial charge is 0.465 e. The van der Waals surface area contributed by atoms with E-state index in [0.29, 0.717) is 6.61 Å². The van der Waals surface area contributed by atoms with Crippen LogP contribution < -0.4 is 4.74 Å². The molecule has 2 aromatic rings. The Balaban J connectivity index is 1.36. The topological polar surface area (TPSA) is 36.9 Å². The van der Waals surface area contributed by atoms with Crippen LogP contribution in [0.25, 0.3) is 0 Å². The first-order chi connectivity index (χ1) is 11.4. The van der Waals surface area contributed by atoms with Crippen LogP contribution >= 0.6 is 0 Å². The maximum atomic E-state index is 6.07. The molecule has 2 aliphatic rings. The zero-order chi connectivity index (χ0) is 15.5. The second kappa shape index (κ2) is 6.71. The number of benzene rings is 2. The van der Waals surface area contributed by atoms with E-state index < -0.39 is 0 Å². The van der Waals surface area contributed by atoms with E-state index in [1.807, 2.05) is 60.7 Å². The fourth-order valence-corrected chi connectivity index (χ4v) is 3.04. The number of para-hydroxylation sites is 1. The lowest BCUT2D eigenvalue weighted by molar-refractivity contribution is -0.305. The van der Waals surface area contributed by atoms with E-state index in [1.54, 1.807) is 0 Å². The predicted molar refractivity (Wildman–Crippen MR) is 85.0 cm³/mol. The van der Waals surface area contributed by atoms with Crippen LogP contribution in [-0.2, 0) is 14.2 Å². The molecule has 0 aliphatic carbocycles. The molecule has 0 saturated carbocycles. The van der Waals surface area contributed by atoms with Gasteiger partial charge in [0.15, 0.2) is 12.6 Å². The Bertz CT molecular complexity index is 616. The zero-order valence-electron chi connectivity index (χ0n) is 12.8. The fourth-order valence-electron chi connectivity index (χ4n) is 3.04. The van der Waals surface area contributed by atoms with Crippen molar-refractivity contribution in [2.75, 3.05) is 6.61 Å². The Morgan fingerprint density at radius 1 is 0.783 bits per heavy atom. The van der Waals surface area contributed by atoms with Crippen LogP contribution in [0.4, 0.5) is 0 Å². The third-order valence-electron chi connectivity index (χ3n) is 4.22. The molecule has 23 heavy (non-hydrogen) atoms. The average Bonchev–Trinajstić information content (AvgIpc) is 2.63. The van der Waals surface area contributed by atoms with E-state index in [4.69, 9.17) is 18.9 Å². The van der Waals surface area contributed by atoms with Crippen LogP contribution in [0.2, 0.25) is 0 Å². The fraction of sp³-hybridized carbons (Fsp3) is 0.368. The molecule has 0 radical (unpaired) electrons. The highest BCUT2D eigenvalue weighted by Crippen LogP contribution is 2.34. The van der Waals surface area contributed by atoms with Crippen molar-refractivity contribution >= 4 is 0 Å². The SMILES string of the molecule is c1ccc(O[C@H]2CC[C@@H]3OC(c4ccccc4)OC[C@H]3O2)cc1. The van der Waals surface area contributed by atoms with E-state index in [1.165, 1.54) is 0 Å². The monoisotopic (exact) mass is 312 g/mol. The van der Waals surface area contributed by atoms with Crippen LogP contribution in [0.3, 0.4) is 0 Å². The summed E-state index contributed by atoms with van der Waals surface area (Å²) in [6.07, 6.45) is 1.18. The lowest BCUT2D eigenvalue weighted by Gasteiger charge is -2.41. The Morgan fingerprint density at radius 2 is 1.52 bits per heavy atom. The Morgan fingerprint density at radius 3 is 2.30 bits per heavy atom. The predicted octanol–water partition coefficient (Wildman–Crippen LogP) is 3.68. The molecule has 120 valence electrons. The van der Waals surface area contributed by atoms with Gasteiger partial charge in [-0.2, -0.15) is 0 Å². The van der Waals surface area contributed by atoms with Gasteiger partial charge in [0.25, 0.3) is 0 Å². The summed E-state index contributed by atoms with van der Waals surface area (Å²) in [7, 11) is 0. The van der Waals surface area contributed by atoms with Gasteiger partial charge in [-0.25, -0.2) is 0 Å². The number of hydrogen-bond acceptors (Lipinski definition) is 4. The van der Waals surface area contributed by atoms with Crippen molar-refractivity contribution < 1.29 is 18.9 Å². The first kappa shape index (κ1) is 14.7. The molecule has 2 aliphatic heterocycles. The average molecular weight is 312 g/mol. The van der Waals surface area contributed by atoms with E-state index >= 15 is 0 Å². The van der Waals surface area contributed by atoms with E-state index in [2.05, 4.69) is 0 Å². The van der Waals surface area contributed by atoms with Crippen LogP contribution in [0.1, 0.15) is 24.7 Å². The van der Waals surface area contributed by atoms with Gasteiger partial charge in [-0.3, -0.25) is 0 Å². The lowest BCUT2D eigenvalue weighted by Crippen LogP contribution is -2.48. The minimum Gasteiger partial charge on any atom is -0.465 e. The number of fused-ring (bicyclic) bond motifs is 1. The van der Waals surface area contributed by atoms with E-state index in [0.717, 1.165) is 24.2 Å². The highest BCUT2D eigenvalue weighted by molar-refractivity contribution is 5.21. The van der Waals surface area contributed by atoms with Gasteiger partial charge in [-0.1, -0.05) is 48.5 Å². The van der Waals surface area contributed by atoms with Crippen LogP contribution in [0.15, 0.2) is 60.7 Å². The van der Waals surface area contributed by atoms with Crippen LogP contribution in [-0.4, -0.2) is 25.1 Å². The maximum absolute atomic E-state index is 6.07. The highest BCUT2D eigenvalue weighted by Gasteiger charge is 2.39. The van der Waals surface area contributed by atoms with Gasteiger partial charge in [-0.15, -0.1) is 0 Å². The summed E-state index contributed by atoms with van der Waals surface area (Å²) in [6.45, 7) is 0.527. The summed E-state index contributed by atoms with van der Waals surface area (Å²) < 4.78 is 23.8. The molecule has 1 unspecified atom stereocenters. The molecule has 0 spiro atoms. The van der Waals surface area contributed by atoms with Crippen molar-refractivity contribution in [2.45, 2.75) is 37.6 Å². The molecule has 4 nitrogen and oxygen atoms in total. The Labute approximate surface area is 135 Å². The second-order valence-corrected chi connectivity index (χ2v) is 5.86. The molecular formula is C19H20O4. The molecule has 0 N–H and O–H groups in total. The Hall–Kier alpha value is -1.88. The summed E-state index contributed by atoms with van der Waals surface area (Å²) in [5, 5.41) is 0. The summed E-state index contributed by atoms with van der Waals surface area (Å²) in [6, 6.07) is 19.8. The summed E-state index contributed by atoms with van der Waals surface area (Å²) >= 11 is 0. The molecule has 2 saturated heterocycles. The van der Waals surface area contributed by atoms with E-state index in [9.17, 15) is 0 Å². The summed E-state index contributed by atoms with van der Waals surface area (Å²) in [4.78, 5) is 0. The van der Waals surface area contributed by atoms with Crippen LogP contribution in [0.5, 0.6) is 5.75 Å². The van der Waals surface area contributed by atoms with Gasteiger partial charge in [0.05, 0.1) is 12.7 Å². The van der Waals surface area contributed by atoms with Crippen molar-refractivity contribution in [2.24, 2.45) is 0 Å². The maximum Gasteiger partial charge on any atom is 0.200 e. The van der Waals surface area contributed by atoms with Gasteiger partial charge >= 0.3 is 0 Å². The van der Waals surface area contributed by atoms with Gasteiger partial charge in [0.1, 0.15) is 11.9 Å². The Kier molecular flexibility index (Phi) is 4.28. The first-order valence-electron chi connectivity index (χ1n) is 8.08. The van der Waals surface area contributed by atoms with Crippen molar-refractivity contribution in [3.63, 3.8) is 0 Å². The van der Waals surface area contributed by atoms with Gasteiger partial charge in [-0.05, 0) is 18.6 Å². The van der Waals surface area contributed by atoms with Crippen molar-refractivity contribution in [1.29, 1.82) is 0 Å². The summed E-state index contributed by atoms with van der Waals surface area (Å²) in [5.41, 5.74) is 1.05. The van der Waals surface area contributed by atoms with Gasteiger partial charge < -0.3 is 18.9 Å². The summed E-state index contributed by atoms with van der Waals surface area (Å²) in [5.74, 6) is 0.829. The second-order valence-electron chi connectivity index (χ2n) is 5.86. The quantitative estimate of drug-likeness (QED) is 0.866. The molecule has 4 heteroatoms. The third kappa shape index (κ3) is 3.39. The molecule has 2 aromatic carbocycles. The van der Waals surface area contributed by atoms with Crippen molar-refractivity contribution in [3.05, 3.63) is 66.2 Å². The molecule has 0 amide bonds. The minimum atomic E-state index is -0.298. The normalized spacial score (nSPS) is 30.4. The molecule has 2 heterocycles. The van der Waals surface area contributed by atoms with Crippen molar-refractivity contribution in [3.8, 4) is 5.75 Å². The van der Waals surface area contributed by atoms with Gasteiger partial charge in [0.2, 0.25) is 0 Å². The first-order valence-corrected chi connectivity index (χ1v) is 8.08. The smallest absolute Gasteiger partial charge is 0.200 e. The van der Waals surface area contributed by atoms with E-state index in [-0.39, 0.29) is 24.8 Å². The third-order valence-corrected chi connectivity index (χ3v) is 4.22. The molecule has 0 bridgehead atoms. The minimum absolute atomic E-state index is 0.0598. The molecule has 0 aromatic heterocycles. The number of rotatable bonds is 3. The highest BCUT2D eigenvalue weighted by atomic mass is 16.7. The standard InChI is InChI=1S/C19H20O4/c1-3-7-14(8-4-1)19-20-13-17-16(23-19)11-12-18(22-17)21-15-9-5-2-6-10-15/h1-10,16-19H,11-13H2/t16-,17+,18+,19?/m0/s1. The molecule has 4 rings (SSSR count). The number of hydrogen-bond donors (Lipinski definition) is 0. The number of ether oxygens (including phenoxy) is 4. The zero-order valence-corrected chi connectivity index (χ0v) is 12.8.